The fourth-order valence-corrected chi connectivity index (χ4v) is 5.78. The van der Waals surface area contributed by atoms with Crippen LogP contribution in [0.1, 0.15) is 18.9 Å². The lowest BCUT2D eigenvalue weighted by Crippen LogP contribution is -2.51. The Balaban J connectivity index is 2.05. The van der Waals surface area contributed by atoms with E-state index in [4.69, 9.17) is 34.8 Å². The molecule has 0 aliphatic rings. The maximum absolute atomic E-state index is 13.8. The number of nitrogens with zero attached hydrogens (tertiary/aromatic N) is 2. The minimum Gasteiger partial charge on any atom is -0.357 e. The number of likely N-dealkylation sites (N-methyl/N-ethyl adjacent to an activating group) is 1. The minimum atomic E-state index is -4.16. The molecular formula is C26H26Cl3N3O4S. The summed E-state index contributed by atoms with van der Waals surface area (Å²) in [5.41, 5.74) is 0.858. The van der Waals surface area contributed by atoms with E-state index in [2.05, 4.69) is 5.32 Å². The van der Waals surface area contributed by atoms with Crippen molar-refractivity contribution in [3.63, 3.8) is 0 Å². The summed E-state index contributed by atoms with van der Waals surface area (Å²) < 4.78 is 28.4. The van der Waals surface area contributed by atoms with E-state index in [1.54, 1.807) is 55.5 Å². The topological polar surface area (TPSA) is 86.8 Å². The Hall–Kier alpha value is -2.78. The average molecular weight is 583 g/mol. The van der Waals surface area contributed by atoms with E-state index in [0.717, 1.165) is 4.31 Å². The Bertz CT molecular complexity index is 1350. The molecule has 1 N–H and O–H groups in total. The largest absolute Gasteiger partial charge is 0.357 e. The van der Waals surface area contributed by atoms with Crippen LogP contribution in [0, 0.1) is 0 Å². The smallest absolute Gasteiger partial charge is 0.264 e. The normalized spacial score (nSPS) is 12.0. The van der Waals surface area contributed by atoms with Gasteiger partial charge in [0.05, 0.1) is 10.6 Å². The molecule has 0 saturated heterocycles. The Labute approximate surface area is 232 Å². The van der Waals surface area contributed by atoms with Gasteiger partial charge in [-0.3, -0.25) is 13.9 Å². The zero-order valence-corrected chi connectivity index (χ0v) is 23.3. The number of hydrogen-bond acceptors (Lipinski definition) is 4. The maximum Gasteiger partial charge on any atom is 0.264 e. The van der Waals surface area contributed by atoms with Crippen LogP contribution in [0.15, 0.2) is 77.7 Å². The van der Waals surface area contributed by atoms with E-state index in [-0.39, 0.29) is 17.3 Å². The highest BCUT2D eigenvalue weighted by atomic mass is 35.5. The van der Waals surface area contributed by atoms with Gasteiger partial charge < -0.3 is 10.2 Å². The monoisotopic (exact) mass is 581 g/mol. The Kier molecular flexibility index (Phi) is 9.84. The van der Waals surface area contributed by atoms with E-state index >= 15 is 0 Å². The minimum absolute atomic E-state index is 0.0234. The fraction of sp³-hybridized carbons (Fsp3) is 0.231. The number of para-hydroxylation sites is 1. The van der Waals surface area contributed by atoms with Crippen LogP contribution < -0.4 is 9.62 Å². The number of carbonyl (C=O) groups is 2. The molecule has 3 aromatic carbocycles. The number of carbonyl (C=O) groups excluding carboxylic acids is 2. The van der Waals surface area contributed by atoms with E-state index < -0.39 is 28.5 Å². The molecule has 0 heterocycles. The molecule has 0 spiro atoms. The number of halogens is 3. The van der Waals surface area contributed by atoms with Gasteiger partial charge in [0.1, 0.15) is 12.6 Å². The first-order valence-electron chi connectivity index (χ1n) is 11.4. The Morgan fingerprint density at radius 1 is 0.919 bits per heavy atom. The number of benzene rings is 3. The first-order valence-corrected chi connectivity index (χ1v) is 13.9. The van der Waals surface area contributed by atoms with Crippen LogP contribution in [0.25, 0.3) is 0 Å². The van der Waals surface area contributed by atoms with E-state index in [0.29, 0.717) is 32.7 Å². The highest BCUT2D eigenvalue weighted by Gasteiger charge is 2.33. The molecule has 0 bridgehead atoms. The van der Waals surface area contributed by atoms with Gasteiger partial charge in [-0.2, -0.15) is 0 Å². The molecular weight excluding hydrogens is 557 g/mol. The second-order valence-corrected chi connectivity index (χ2v) is 11.2. The van der Waals surface area contributed by atoms with Crippen molar-refractivity contribution in [1.82, 2.24) is 10.2 Å². The van der Waals surface area contributed by atoms with Gasteiger partial charge >= 0.3 is 0 Å². The molecule has 0 aliphatic carbocycles. The Morgan fingerprint density at radius 3 is 2.11 bits per heavy atom. The molecule has 37 heavy (non-hydrogen) atoms. The van der Waals surface area contributed by atoms with Crippen LogP contribution >= 0.6 is 34.8 Å². The molecule has 3 aromatic rings. The molecule has 0 unspecified atom stereocenters. The lowest BCUT2D eigenvalue weighted by Gasteiger charge is -2.33. The van der Waals surface area contributed by atoms with Crippen LogP contribution in [0.5, 0.6) is 0 Å². The van der Waals surface area contributed by atoms with Crippen molar-refractivity contribution in [3.8, 4) is 0 Å². The van der Waals surface area contributed by atoms with Gasteiger partial charge in [-0.15, -0.1) is 0 Å². The third-order valence-electron chi connectivity index (χ3n) is 5.71. The summed E-state index contributed by atoms with van der Waals surface area (Å²) in [5, 5.41) is 3.70. The molecule has 2 amide bonds. The fourth-order valence-electron chi connectivity index (χ4n) is 3.78. The number of nitrogens with one attached hydrogen (secondary N) is 1. The molecule has 0 fully saturated rings. The highest BCUT2D eigenvalue weighted by Crippen LogP contribution is 2.27. The summed E-state index contributed by atoms with van der Waals surface area (Å²) in [7, 11) is -2.68. The second-order valence-electron chi connectivity index (χ2n) is 8.10. The molecule has 196 valence electrons. The van der Waals surface area contributed by atoms with Crippen molar-refractivity contribution in [1.29, 1.82) is 0 Å². The summed E-state index contributed by atoms with van der Waals surface area (Å²) in [6.45, 7) is 1.20. The lowest BCUT2D eigenvalue weighted by molar-refractivity contribution is -0.140. The van der Waals surface area contributed by atoms with Gasteiger partial charge in [0, 0.05) is 28.7 Å². The van der Waals surface area contributed by atoms with Crippen molar-refractivity contribution in [2.24, 2.45) is 0 Å². The SMILES string of the molecule is CC[C@H](C(=O)NC)N(Cc1ccc(Cl)cc1Cl)C(=O)CN(c1ccccc1)S(=O)(=O)c1ccc(Cl)cc1. The summed E-state index contributed by atoms with van der Waals surface area (Å²) in [5.74, 6) is -0.962. The van der Waals surface area contributed by atoms with Crippen molar-refractivity contribution in [3.05, 3.63) is 93.4 Å². The predicted octanol–water partition coefficient (Wildman–Crippen LogP) is 5.40. The summed E-state index contributed by atoms with van der Waals surface area (Å²) in [6.07, 6.45) is 0.298. The number of sulfonamides is 1. The highest BCUT2D eigenvalue weighted by molar-refractivity contribution is 7.92. The molecule has 1 atom stereocenters. The van der Waals surface area contributed by atoms with Crippen LogP contribution in [0.2, 0.25) is 15.1 Å². The van der Waals surface area contributed by atoms with Gasteiger partial charge in [-0.05, 0) is 60.5 Å². The van der Waals surface area contributed by atoms with Gasteiger partial charge in [0.25, 0.3) is 10.0 Å². The quantitative estimate of drug-likeness (QED) is 0.347. The summed E-state index contributed by atoms with van der Waals surface area (Å²) >= 11 is 18.3. The molecule has 0 radical (unpaired) electrons. The van der Waals surface area contributed by atoms with Gasteiger partial charge in [-0.25, -0.2) is 8.42 Å². The van der Waals surface area contributed by atoms with Crippen molar-refractivity contribution >= 4 is 62.3 Å². The third-order valence-corrected chi connectivity index (χ3v) is 8.34. The van der Waals surface area contributed by atoms with Crippen LogP contribution in [0.3, 0.4) is 0 Å². The summed E-state index contributed by atoms with van der Waals surface area (Å²) in [6, 6.07) is 18.0. The maximum atomic E-state index is 13.8. The van der Waals surface area contributed by atoms with Crippen molar-refractivity contribution in [2.45, 2.75) is 30.8 Å². The molecule has 0 aromatic heterocycles. The molecule has 7 nitrogen and oxygen atoms in total. The average Bonchev–Trinajstić information content (AvgIpc) is 2.88. The zero-order chi connectivity index (χ0) is 27.2. The Morgan fingerprint density at radius 2 is 1.54 bits per heavy atom. The molecule has 0 saturated carbocycles. The zero-order valence-electron chi connectivity index (χ0n) is 20.2. The van der Waals surface area contributed by atoms with Gasteiger partial charge in [-0.1, -0.05) is 66.0 Å². The van der Waals surface area contributed by atoms with Crippen LogP contribution in [-0.4, -0.2) is 44.8 Å². The number of hydrogen-bond donors (Lipinski definition) is 1. The van der Waals surface area contributed by atoms with E-state index in [1.165, 1.54) is 36.2 Å². The van der Waals surface area contributed by atoms with Gasteiger partial charge in [0.15, 0.2) is 0 Å². The third kappa shape index (κ3) is 6.96. The molecule has 3 rings (SSSR count). The first-order chi connectivity index (χ1) is 17.6. The number of amides is 2. The molecule has 0 aliphatic heterocycles. The summed E-state index contributed by atoms with van der Waals surface area (Å²) in [4.78, 5) is 27.8. The van der Waals surface area contributed by atoms with Crippen molar-refractivity contribution in [2.75, 3.05) is 17.9 Å². The molecule has 11 heteroatoms. The van der Waals surface area contributed by atoms with Crippen molar-refractivity contribution < 1.29 is 18.0 Å². The van der Waals surface area contributed by atoms with E-state index in [9.17, 15) is 18.0 Å². The first kappa shape index (κ1) is 28.8. The van der Waals surface area contributed by atoms with Crippen LogP contribution in [0.4, 0.5) is 5.69 Å². The van der Waals surface area contributed by atoms with Crippen LogP contribution in [-0.2, 0) is 26.2 Å². The standard InChI is InChI=1S/C26H26Cl3N3O4S/c1-3-24(26(34)30-2)31(16-18-9-10-20(28)15-23(18)29)25(33)17-32(21-7-5-4-6-8-21)37(35,36)22-13-11-19(27)12-14-22/h4-15,24H,3,16-17H2,1-2H3,(H,30,34)/t24-/m1/s1. The lowest BCUT2D eigenvalue weighted by atomic mass is 10.1. The number of anilines is 1. The number of rotatable bonds is 10. The second kappa shape index (κ2) is 12.6. The predicted molar refractivity (Wildman–Crippen MR) is 148 cm³/mol. The van der Waals surface area contributed by atoms with Gasteiger partial charge in [0.2, 0.25) is 11.8 Å². The van der Waals surface area contributed by atoms with E-state index in [1.807, 2.05) is 0 Å².